The molecule has 0 aliphatic carbocycles. The van der Waals surface area contributed by atoms with Crippen molar-refractivity contribution in [3.05, 3.63) is 35.4 Å². The smallest absolute Gasteiger partial charge is 0.253 e. The third-order valence-electron chi connectivity index (χ3n) is 2.78. The second kappa shape index (κ2) is 7.84. The molecule has 0 aromatic heterocycles. The van der Waals surface area contributed by atoms with Gasteiger partial charge in [-0.15, -0.1) is 0 Å². The lowest BCUT2D eigenvalue weighted by Gasteiger charge is -2.18. The summed E-state index contributed by atoms with van der Waals surface area (Å²) in [5.74, 6) is 0.0266. The van der Waals surface area contributed by atoms with E-state index in [-0.39, 0.29) is 5.91 Å². The molecule has 0 radical (unpaired) electrons. The lowest BCUT2D eigenvalue weighted by atomic mass is 10.0. The van der Waals surface area contributed by atoms with Crippen LogP contribution in [0.25, 0.3) is 0 Å². The number of likely N-dealkylation sites (N-methyl/N-ethyl adjacent to an activating group) is 1. The van der Waals surface area contributed by atoms with Crippen LogP contribution in [-0.2, 0) is 11.2 Å². The summed E-state index contributed by atoms with van der Waals surface area (Å²) >= 11 is 0. The number of hydrogen-bond donors (Lipinski definition) is 1. The van der Waals surface area contributed by atoms with E-state index in [1.165, 1.54) is 0 Å². The van der Waals surface area contributed by atoms with Gasteiger partial charge in [0.25, 0.3) is 5.91 Å². The summed E-state index contributed by atoms with van der Waals surface area (Å²) in [5.41, 5.74) is 7.30. The molecule has 0 aliphatic heterocycles. The van der Waals surface area contributed by atoms with Crippen LogP contribution in [-0.4, -0.2) is 44.2 Å². The van der Waals surface area contributed by atoms with E-state index in [1.807, 2.05) is 31.2 Å². The lowest BCUT2D eigenvalue weighted by molar-refractivity contribution is 0.0709. The van der Waals surface area contributed by atoms with Crippen LogP contribution in [0, 0.1) is 0 Å². The van der Waals surface area contributed by atoms with Gasteiger partial charge in [0.2, 0.25) is 0 Å². The number of nitrogens with zero attached hydrogens (tertiary/aromatic N) is 1. The van der Waals surface area contributed by atoms with Crippen molar-refractivity contribution in [1.29, 1.82) is 0 Å². The summed E-state index contributed by atoms with van der Waals surface area (Å²) in [6.45, 7) is 4.33. The monoisotopic (exact) mass is 250 g/mol. The van der Waals surface area contributed by atoms with Crippen molar-refractivity contribution in [3.63, 3.8) is 0 Å². The highest BCUT2D eigenvalue weighted by molar-refractivity contribution is 5.95. The zero-order chi connectivity index (χ0) is 13.4. The van der Waals surface area contributed by atoms with Crippen molar-refractivity contribution in [1.82, 2.24) is 4.90 Å². The van der Waals surface area contributed by atoms with Crippen molar-refractivity contribution < 1.29 is 9.53 Å². The van der Waals surface area contributed by atoms with Gasteiger partial charge in [0, 0.05) is 25.8 Å². The number of nitrogens with two attached hydrogens (primary N) is 1. The Morgan fingerprint density at radius 2 is 2.11 bits per heavy atom. The van der Waals surface area contributed by atoms with E-state index in [1.54, 1.807) is 11.9 Å². The molecule has 18 heavy (non-hydrogen) atoms. The molecule has 1 amide bonds. The summed E-state index contributed by atoms with van der Waals surface area (Å²) in [5, 5.41) is 0. The highest BCUT2D eigenvalue weighted by Crippen LogP contribution is 2.11. The van der Waals surface area contributed by atoms with Crippen molar-refractivity contribution in [2.24, 2.45) is 5.73 Å². The molecule has 0 spiro atoms. The Morgan fingerprint density at radius 3 is 2.78 bits per heavy atom. The maximum atomic E-state index is 12.3. The molecule has 0 bridgehead atoms. The van der Waals surface area contributed by atoms with Gasteiger partial charge in [-0.05, 0) is 31.5 Å². The summed E-state index contributed by atoms with van der Waals surface area (Å²) in [4.78, 5) is 13.9. The Labute approximate surface area is 109 Å². The largest absolute Gasteiger partial charge is 0.380 e. The first-order valence-electron chi connectivity index (χ1n) is 6.31. The van der Waals surface area contributed by atoms with E-state index in [0.717, 1.165) is 17.5 Å². The minimum atomic E-state index is 0.0266. The summed E-state index contributed by atoms with van der Waals surface area (Å²) in [7, 11) is 1.79. The van der Waals surface area contributed by atoms with Gasteiger partial charge < -0.3 is 15.4 Å². The maximum Gasteiger partial charge on any atom is 0.253 e. The first kappa shape index (κ1) is 14.7. The fourth-order valence-corrected chi connectivity index (χ4v) is 1.76. The Bertz CT molecular complexity index is 380. The van der Waals surface area contributed by atoms with Crippen LogP contribution >= 0.6 is 0 Å². The van der Waals surface area contributed by atoms with E-state index < -0.39 is 0 Å². The van der Waals surface area contributed by atoms with E-state index in [9.17, 15) is 4.79 Å². The van der Waals surface area contributed by atoms with Crippen molar-refractivity contribution >= 4 is 5.91 Å². The number of hydrogen-bond acceptors (Lipinski definition) is 3. The zero-order valence-corrected chi connectivity index (χ0v) is 11.2. The van der Waals surface area contributed by atoms with E-state index in [0.29, 0.717) is 26.3 Å². The van der Waals surface area contributed by atoms with Gasteiger partial charge >= 0.3 is 0 Å². The minimum Gasteiger partial charge on any atom is -0.380 e. The maximum absolute atomic E-state index is 12.3. The van der Waals surface area contributed by atoms with Gasteiger partial charge in [0.15, 0.2) is 0 Å². The molecule has 0 saturated carbocycles. The Morgan fingerprint density at radius 1 is 1.39 bits per heavy atom. The predicted octanol–water partition coefficient (Wildman–Crippen LogP) is 1.30. The van der Waals surface area contributed by atoms with Crippen LogP contribution in [0.4, 0.5) is 0 Å². The Kier molecular flexibility index (Phi) is 6.39. The standard InChI is InChI=1S/C14H22N2O2/c1-3-18-11-10-16(2)14(17)13-7-5-4-6-12(13)8-9-15/h4-7H,3,8-11,15H2,1-2H3. The molecule has 0 atom stereocenters. The van der Waals surface area contributed by atoms with Crippen LogP contribution in [0.15, 0.2) is 24.3 Å². The summed E-state index contributed by atoms with van der Waals surface area (Å²) < 4.78 is 5.25. The molecule has 0 saturated heterocycles. The normalized spacial score (nSPS) is 10.4. The van der Waals surface area contributed by atoms with Gasteiger partial charge in [-0.3, -0.25) is 4.79 Å². The van der Waals surface area contributed by atoms with Crippen LogP contribution in [0.5, 0.6) is 0 Å². The average molecular weight is 250 g/mol. The quantitative estimate of drug-likeness (QED) is 0.742. The Balaban J connectivity index is 2.70. The fraction of sp³-hybridized carbons (Fsp3) is 0.500. The van der Waals surface area contributed by atoms with Crippen LogP contribution in [0.3, 0.4) is 0 Å². The van der Waals surface area contributed by atoms with Crippen LogP contribution < -0.4 is 5.73 Å². The van der Waals surface area contributed by atoms with Gasteiger partial charge in [0.05, 0.1) is 6.61 Å². The molecule has 1 aromatic carbocycles. The van der Waals surface area contributed by atoms with Crippen LogP contribution in [0.2, 0.25) is 0 Å². The van der Waals surface area contributed by atoms with E-state index in [4.69, 9.17) is 10.5 Å². The highest BCUT2D eigenvalue weighted by Gasteiger charge is 2.14. The molecule has 0 unspecified atom stereocenters. The van der Waals surface area contributed by atoms with Crippen molar-refractivity contribution in [3.8, 4) is 0 Å². The molecule has 0 heterocycles. The number of carbonyl (C=O) groups excluding carboxylic acids is 1. The fourth-order valence-electron chi connectivity index (χ4n) is 1.76. The van der Waals surface area contributed by atoms with Gasteiger partial charge in [-0.25, -0.2) is 0 Å². The number of amides is 1. The highest BCUT2D eigenvalue weighted by atomic mass is 16.5. The molecule has 1 aromatic rings. The predicted molar refractivity (Wildman–Crippen MR) is 72.7 cm³/mol. The number of carbonyl (C=O) groups is 1. The van der Waals surface area contributed by atoms with Gasteiger partial charge in [-0.1, -0.05) is 18.2 Å². The minimum absolute atomic E-state index is 0.0266. The van der Waals surface area contributed by atoms with Crippen molar-refractivity contribution in [2.45, 2.75) is 13.3 Å². The topological polar surface area (TPSA) is 55.6 Å². The first-order valence-corrected chi connectivity index (χ1v) is 6.31. The second-order valence-electron chi connectivity index (χ2n) is 4.12. The average Bonchev–Trinajstić information content (AvgIpc) is 2.39. The van der Waals surface area contributed by atoms with E-state index >= 15 is 0 Å². The third kappa shape index (κ3) is 4.13. The first-order chi connectivity index (χ1) is 8.70. The van der Waals surface area contributed by atoms with Gasteiger partial charge in [0.1, 0.15) is 0 Å². The number of rotatable bonds is 7. The zero-order valence-electron chi connectivity index (χ0n) is 11.2. The summed E-state index contributed by atoms with van der Waals surface area (Å²) in [6.07, 6.45) is 0.723. The summed E-state index contributed by atoms with van der Waals surface area (Å²) in [6, 6.07) is 7.62. The Hall–Kier alpha value is -1.39. The molecule has 2 N–H and O–H groups in total. The molecule has 0 fully saturated rings. The molecule has 1 rings (SSSR count). The molecule has 4 nitrogen and oxygen atoms in total. The molecular formula is C14H22N2O2. The lowest BCUT2D eigenvalue weighted by Crippen LogP contribution is -2.31. The van der Waals surface area contributed by atoms with Gasteiger partial charge in [-0.2, -0.15) is 0 Å². The molecule has 100 valence electrons. The number of benzene rings is 1. The third-order valence-corrected chi connectivity index (χ3v) is 2.78. The van der Waals surface area contributed by atoms with Crippen LogP contribution in [0.1, 0.15) is 22.8 Å². The SMILES string of the molecule is CCOCCN(C)C(=O)c1ccccc1CCN. The molecular weight excluding hydrogens is 228 g/mol. The molecule has 0 aliphatic rings. The molecule has 4 heteroatoms. The number of ether oxygens (including phenoxy) is 1. The van der Waals surface area contributed by atoms with Crippen molar-refractivity contribution in [2.75, 3.05) is 33.4 Å². The van der Waals surface area contributed by atoms with E-state index in [2.05, 4.69) is 0 Å². The second-order valence-corrected chi connectivity index (χ2v) is 4.12.